The van der Waals surface area contributed by atoms with Crippen LogP contribution in [-0.2, 0) is 4.74 Å². The number of hydrogen-bond acceptors (Lipinski definition) is 4. The fourth-order valence-electron chi connectivity index (χ4n) is 2.60. The number of esters is 1. The van der Waals surface area contributed by atoms with E-state index in [1.807, 2.05) is 42.7 Å². The number of ether oxygens (including phenoxy) is 2. The van der Waals surface area contributed by atoms with E-state index >= 15 is 0 Å². The van der Waals surface area contributed by atoms with E-state index in [4.69, 9.17) is 9.47 Å². The van der Waals surface area contributed by atoms with Crippen LogP contribution in [0.25, 0.3) is 0 Å². The van der Waals surface area contributed by atoms with E-state index in [0.717, 1.165) is 17.7 Å². The maximum Gasteiger partial charge on any atom is 0.356 e. The van der Waals surface area contributed by atoms with Gasteiger partial charge in [0.25, 0.3) is 0 Å². The lowest BCUT2D eigenvalue weighted by Gasteiger charge is -2.27. The molecule has 1 aromatic carbocycles. The Morgan fingerprint density at radius 2 is 2.24 bits per heavy atom. The molecule has 0 spiro atoms. The van der Waals surface area contributed by atoms with Gasteiger partial charge in [-0.3, -0.25) is 0 Å². The second-order valence-electron chi connectivity index (χ2n) is 5.33. The van der Waals surface area contributed by atoms with Crippen molar-refractivity contribution >= 4 is 5.97 Å². The fraction of sp³-hybridized carbons (Fsp3) is 0.375. The van der Waals surface area contributed by atoms with Crippen molar-refractivity contribution in [1.29, 1.82) is 0 Å². The van der Waals surface area contributed by atoms with Gasteiger partial charge in [-0.15, -0.1) is 0 Å². The van der Waals surface area contributed by atoms with Crippen LogP contribution in [0.15, 0.2) is 36.8 Å². The Kier molecular flexibility index (Phi) is 3.64. The molecule has 110 valence electrons. The number of carbonyl (C=O) groups excluding carboxylic acids is 1. The monoisotopic (exact) mass is 286 g/mol. The summed E-state index contributed by atoms with van der Waals surface area (Å²) in [6, 6.07) is 7.94. The Hall–Kier alpha value is -2.30. The predicted molar refractivity (Wildman–Crippen MR) is 77.5 cm³/mol. The van der Waals surface area contributed by atoms with Gasteiger partial charge in [0.1, 0.15) is 11.4 Å². The van der Waals surface area contributed by atoms with E-state index in [-0.39, 0.29) is 18.1 Å². The maximum absolute atomic E-state index is 12.2. The van der Waals surface area contributed by atoms with Crippen LogP contribution in [0, 0.1) is 0 Å². The first-order valence-corrected chi connectivity index (χ1v) is 7.11. The van der Waals surface area contributed by atoms with Crippen molar-refractivity contribution < 1.29 is 14.3 Å². The third kappa shape index (κ3) is 2.63. The first-order valence-electron chi connectivity index (χ1n) is 7.11. The maximum atomic E-state index is 12.2. The quantitative estimate of drug-likeness (QED) is 0.814. The smallest absolute Gasteiger partial charge is 0.356 e. The van der Waals surface area contributed by atoms with Crippen molar-refractivity contribution in [3.63, 3.8) is 0 Å². The Labute approximate surface area is 123 Å². The average Bonchev–Trinajstić information content (AvgIpc) is 2.95. The number of benzene rings is 1. The largest absolute Gasteiger partial charge is 0.493 e. The summed E-state index contributed by atoms with van der Waals surface area (Å²) in [5.74, 6) is 0.525. The molecule has 3 rings (SSSR count). The lowest BCUT2D eigenvalue weighted by molar-refractivity contribution is 0.0362. The van der Waals surface area contributed by atoms with Crippen LogP contribution >= 0.6 is 0 Å². The van der Waals surface area contributed by atoms with Gasteiger partial charge >= 0.3 is 5.97 Å². The number of para-hydroxylation sites is 1. The molecule has 0 fully saturated rings. The van der Waals surface area contributed by atoms with Crippen molar-refractivity contribution in [3.8, 4) is 5.75 Å². The molecule has 2 aromatic rings. The second-order valence-corrected chi connectivity index (χ2v) is 5.33. The van der Waals surface area contributed by atoms with Gasteiger partial charge in [0.15, 0.2) is 0 Å². The van der Waals surface area contributed by atoms with Crippen LogP contribution in [0.2, 0.25) is 0 Å². The summed E-state index contributed by atoms with van der Waals surface area (Å²) in [7, 11) is 0. The molecule has 1 atom stereocenters. The van der Waals surface area contributed by atoms with Gasteiger partial charge in [-0.1, -0.05) is 18.2 Å². The first-order chi connectivity index (χ1) is 10.2. The molecule has 5 nitrogen and oxygen atoms in total. The topological polar surface area (TPSA) is 53.3 Å². The van der Waals surface area contributed by atoms with Crippen LogP contribution in [-0.4, -0.2) is 28.2 Å². The van der Waals surface area contributed by atoms with Gasteiger partial charge < -0.3 is 14.0 Å². The van der Waals surface area contributed by atoms with Crippen LogP contribution in [0.3, 0.4) is 0 Å². The first kappa shape index (κ1) is 13.7. The molecule has 0 N–H and O–H groups in total. The summed E-state index contributed by atoms with van der Waals surface area (Å²) in [6.07, 6.45) is 3.89. The molecule has 0 saturated carbocycles. The SMILES string of the molecule is CC(C)OC(=O)c1cncn1C1CCOc2ccccc21. The van der Waals surface area contributed by atoms with Gasteiger partial charge in [-0.2, -0.15) is 0 Å². The molecule has 0 radical (unpaired) electrons. The van der Waals surface area contributed by atoms with Gasteiger partial charge in [0.05, 0.1) is 31.3 Å². The molecule has 2 heterocycles. The molecule has 5 heteroatoms. The summed E-state index contributed by atoms with van der Waals surface area (Å²) >= 11 is 0. The molecule has 1 unspecified atom stereocenters. The lowest BCUT2D eigenvalue weighted by atomic mass is 10.0. The minimum absolute atomic E-state index is 0.0483. The molecule has 0 aliphatic carbocycles. The minimum atomic E-state index is -0.341. The Morgan fingerprint density at radius 3 is 3.05 bits per heavy atom. The van der Waals surface area contributed by atoms with Crippen molar-refractivity contribution in [2.45, 2.75) is 32.4 Å². The Balaban J connectivity index is 1.96. The van der Waals surface area contributed by atoms with E-state index in [1.54, 1.807) is 12.5 Å². The molecule has 1 aliphatic heterocycles. The Bertz CT molecular complexity index is 648. The van der Waals surface area contributed by atoms with Crippen molar-refractivity contribution in [1.82, 2.24) is 9.55 Å². The minimum Gasteiger partial charge on any atom is -0.493 e. The highest BCUT2D eigenvalue weighted by atomic mass is 16.5. The number of hydrogen-bond donors (Lipinski definition) is 0. The number of rotatable bonds is 3. The summed E-state index contributed by atoms with van der Waals surface area (Å²) in [6.45, 7) is 4.29. The molecule has 0 amide bonds. The number of nitrogens with zero attached hydrogens (tertiary/aromatic N) is 2. The molecule has 1 aromatic heterocycles. The number of fused-ring (bicyclic) bond motifs is 1. The van der Waals surface area contributed by atoms with Crippen LogP contribution in [0.4, 0.5) is 0 Å². The average molecular weight is 286 g/mol. The zero-order valence-corrected chi connectivity index (χ0v) is 12.2. The van der Waals surface area contributed by atoms with E-state index in [2.05, 4.69) is 4.98 Å². The standard InChI is InChI=1S/C16H18N2O3/c1-11(2)21-16(19)14-9-17-10-18(14)13-7-8-20-15-6-4-3-5-12(13)15/h3-6,9-11,13H,7-8H2,1-2H3. The molecule has 21 heavy (non-hydrogen) atoms. The number of imidazole rings is 1. The van der Waals surface area contributed by atoms with Gasteiger partial charge in [0, 0.05) is 12.0 Å². The molecule has 0 bridgehead atoms. The summed E-state index contributed by atoms with van der Waals surface area (Å²) in [5, 5.41) is 0. The highest BCUT2D eigenvalue weighted by Gasteiger charge is 2.26. The highest BCUT2D eigenvalue weighted by Crippen LogP contribution is 2.35. The third-order valence-corrected chi connectivity index (χ3v) is 3.48. The van der Waals surface area contributed by atoms with E-state index in [0.29, 0.717) is 12.3 Å². The third-order valence-electron chi connectivity index (χ3n) is 3.48. The number of carbonyl (C=O) groups is 1. The lowest BCUT2D eigenvalue weighted by Crippen LogP contribution is -2.24. The molecular weight excluding hydrogens is 268 g/mol. The number of aromatic nitrogens is 2. The van der Waals surface area contributed by atoms with E-state index in [9.17, 15) is 4.79 Å². The van der Waals surface area contributed by atoms with Gasteiger partial charge in [0.2, 0.25) is 0 Å². The van der Waals surface area contributed by atoms with Crippen molar-refractivity contribution in [3.05, 3.63) is 48.0 Å². The van der Waals surface area contributed by atoms with Crippen LogP contribution < -0.4 is 4.74 Å². The molecular formula is C16H18N2O3. The van der Waals surface area contributed by atoms with Crippen molar-refractivity contribution in [2.24, 2.45) is 0 Å². The zero-order valence-electron chi connectivity index (χ0n) is 12.2. The van der Waals surface area contributed by atoms with Crippen LogP contribution in [0.5, 0.6) is 5.75 Å². The summed E-state index contributed by atoms with van der Waals surface area (Å²) in [5.41, 5.74) is 1.55. The van der Waals surface area contributed by atoms with Crippen molar-refractivity contribution in [2.75, 3.05) is 6.61 Å². The summed E-state index contributed by atoms with van der Waals surface area (Å²) < 4.78 is 12.8. The molecule has 0 saturated heterocycles. The van der Waals surface area contributed by atoms with Gasteiger partial charge in [-0.05, 0) is 19.9 Å². The Morgan fingerprint density at radius 1 is 1.43 bits per heavy atom. The van der Waals surface area contributed by atoms with Gasteiger partial charge in [-0.25, -0.2) is 9.78 Å². The summed E-state index contributed by atoms with van der Waals surface area (Å²) in [4.78, 5) is 16.3. The van der Waals surface area contributed by atoms with Crippen LogP contribution in [0.1, 0.15) is 42.4 Å². The second kappa shape index (κ2) is 5.60. The fourth-order valence-corrected chi connectivity index (χ4v) is 2.60. The van der Waals surface area contributed by atoms with E-state index in [1.165, 1.54) is 0 Å². The highest BCUT2D eigenvalue weighted by molar-refractivity contribution is 5.87. The zero-order chi connectivity index (χ0) is 14.8. The molecule has 1 aliphatic rings. The van der Waals surface area contributed by atoms with E-state index < -0.39 is 0 Å². The normalized spacial score (nSPS) is 17.2. The predicted octanol–water partition coefficient (Wildman–Crippen LogP) is 2.82.